The maximum Gasteiger partial charge on any atom is 0.434 e. The average Bonchev–Trinajstić information content (AvgIpc) is 3.32. The highest BCUT2D eigenvalue weighted by Gasteiger charge is 2.61. The van der Waals surface area contributed by atoms with Gasteiger partial charge in [-0.1, -0.05) is 11.6 Å². The molecule has 1 aromatic heterocycles. The number of nitrogens with zero attached hydrogens (tertiary/aromatic N) is 1. The lowest BCUT2D eigenvalue weighted by molar-refractivity contribution is -0.314. The number of ether oxygens (including phenoxy) is 1. The molecule has 2 fully saturated rings. The number of esters is 1. The van der Waals surface area contributed by atoms with Gasteiger partial charge in [0.1, 0.15) is 5.69 Å². The fraction of sp³-hybridized carbons (Fsp3) is 0.545. The van der Waals surface area contributed by atoms with Gasteiger partial charge in [0, 0.05) is 23.0 Å². The molecule has 2 aliphatic heterocycles. The Morgan fingerprint density at radius 2 is 1.74 bits per heavy atom. The number of fused-ring (bicyclic) bond motifs is 1. The Balaban J connectivity index is 1.60. The van der Waals surface area contributed by atoms with E-state index < -0.39 is 41.8 Å². The zero-order valence-electron chi connectivity index (χ0n) is 18.1. The first-order valence-electron chi connectivity index (χ1n) is 10.8. The summed E-state index contributed by atoms with van der Waals surface area (Å²) < 4.78 is 81.3. The Morgan fingerprint density at radius 3 is 2.35 bits per heavy atom. The first kappa shape index (κ1) is 24.4. The van der Waals surface area contributed by atoms with Crippen LogP contribution in [0.4, 0.5) is 26.3 Å². The third-order valence-electron chi connectivity index (χ3n) is 6.55. The van der Waals surface area contributed by atoms with Crippen LogP contribution in [0.15, 0.2) is 24.3 Å². The summed E-state index contributed by atoms with van der Waals surface area (Å²) in [5.41, 5.74) is 1.05. The van der Waals surface area contributed by atoms with E-state index in [4.69, 9.17) is 0 Å². The topological polar surface area (TPSA) is 74.4 Å². The molecule has 2 saturated heterocycles. The summed E-state index contributed by atoms with van der Waals surface area (Å²) in [6.45, 7) is 2.55. The van der Waals surface area contributed by atoms with E-state index in [1.807, 2.05) is 19.1 Å². The number of hydrogen-bond donors (Lipinski definition) is 2. The molecule has 0 radical (unpaired) electrons. The summed E-state index contributed by atoms with van der Waals surface area (Å²) in [6, 6.07) is 7.19. The highest BCUT2D eigenvalue weighted by Crippen LogP contribution is 2.43. The highest BCUT2D eigenvalue weighted by molar-refractivity contribution is 5.99. The number of H-pyrrole nitrogens is 1. The van der Waals surface area contributed by atoms with Crippen molar-refractivity contribution in [2.24, 2.45) is 5.92 Å². The van der Waals surface area contributed by atoms with E-state index in [2.05, 4.69) is 15.0 Å². The minimum absolute atomic E-state index is 0.0684. The fourth-order valence-electron chi connectivity index (χ4n) is 4.91. The van der Waals surface area contributed by atoms with Crippen molar-refractivity contribution < 1.29 is 40.7 Å². The molecule has 186 valence electrons. The van der Waals surface area contributed by atoms with Crippen molar-refractivity contribution in [3.8, 4) is 0 Å². The second kappa shape index (κ2) is 8.47. The number of halogens is 6. The summed E-state index contributed by atoms with van der Waals surface area (Å²) in [4.78, 5) is 30.3. The highest BCUT2D eigenvalue weighted by atomic mass is 19.4. The van der Waals surface area contributed by atoms with Gasteiger partial charge in [-0.15, -0.1) is 0 Å². The Bertz CT molecular complexity index is 1070. The van der Waals surface area contributed by atoms with Gasteiger partial charge in [-0.25, -0.2) is 0 Å². The number of amides is 1. The Morgan fingerprint density at radius 1 is 1.09 bits per heavy atom. The molecule has 0 aliphatic carbocycles. The summed E-state index contributed by atoms with van der Waals surface area (Å²) >= 11 is 0. The number of aromatic amines is 1. The smallest absolute Gasteiger partial charge is 0.434 e. The molecule has 6 nitrogen and oxygen atoms in total. The molecule has 1 amide bonds. The molecule has 2 N–H and O–H groups in total. The molecular weight excluding hydrogens is 468 g/mol. The predicted octanol–water partition coefficient (Wildman–Crippen LogP) is 4.10. The van der Waals surface area contributed by atoms with Crippen LogP contribution in [0.25, 0.3) is 10.9 Å². The molecule has 3 heterocycles. The van der Waals surface area contributed by atoms with Gasteiger partial charge in [0.05, 0.1) is 5.92 Å². The average molecular weight is 491 g/mol. The Labute approximate surface area is 190 Å². The van der Waals surface area contributed by atoms with Crippen LogP contribution in [-0.2, 0) is 9.53 Å². The van der Waals surface area contributed by atoms with Crippen molar-refractivity contribution in [2.45, 2.75) is 50.2 Å². The van der Waals surface area contributed by atoms with Crippen LogP contribution in [0.1, 0.15) is 35.3 Å². The molecular formula is C22H23F6N3O3. The van der Waals surface area contributed by atoms with Crippen molar-refractivity contribution in [3.05, 3.63) is 35.5 Å². The van der Waals surface area contributed by atoms with Crippen LogP contribution >= 0.6 is 0 Å². The maximum atomic E-state index is 13.4. The number of carbonyl (C=O) groups excluding carboxylic acids is 2. The Hall–Kier alpha value is -2.76. The first-order chi connectivity index (χ1) is 15.8. The van der Waals surface area contributed by atoms with E-state index in [0.29, 0.717) is 31.4 Å². The van der Waals surface area contributed by atoms with E-state index in [9.17, 15) is 35.9 Å². The molecule has 2 aliphatic rings. The minimum Gasteiger partial charge on any atom is -0.442 e. The molecule has 12 heteroatoms. The maximum absolute atomic E-state index is 13.4. The first-order valence-corrected chi connectivity index (χ1v) is 10.8. The summed E-state index contributed by atoms with van der Waals surface area (Å²) in [6.07, 6.45) is -15.1. The van der Waals surface area contributed by atoms with Gasteiger partial charge in [0.25, 0.3) is 12.0 Å². The summed E-state index contributed by atoms with van der Waals surface area (Å²) in [7, 11) is 0. The van der Waals surface area contributed by atoms with Crippen LogP contribution in [-0.4, -0.2) is 65.4 Å². The third-order valence-corrected chi connectivity index (χ3v) is 6.55. The number of carbonyl (C=O) groups is 2. The third kappa shape index (κ3) is 4.59. The summed E-state index contributed by atoms with van der Waals surface area (Å²) in [5, 5.41) is 3.91. The lowest BCUT2D eigenvalue weighted by Crippen LogP contribution is -2.53. The fourth-order valence-corrected chi connectivity index (χ4v) is 4.91. The lowest BCUT2D eigenvalue weighted by atomic mass is 9.83. The van der Waals surface area contributed by atoms with Crippen LogP contribution in [0.2, 0.25) is 0 Å². The van der Waals surface area contributed by atoms with Gasteiger partial charge < -0.3 is 19.9 Å². The van der Waals surface area contributed by atoms with Crippen molar-refractivity contribution in [1.82, 2.24) is 15.2 Å². The van der Waals surface area contributed by atoms with Crippen LogP contribution in [0.3, 0.4) is 0 Å². The van der Waals surface area contributed by atoms with Crippen molar-refractivity contribution in [3.63, 3.8) is 0 Å². The van der Waals surface area contributed by atoms with Gasteiger partial charge in [0.2, 0.25) is 0 Å². The second-order valence-electron chi connectivity index (χ2n) is 8.97. The van der Waals surface area contributed by atoms with E-state index in [0.717, 1.165) is 10.9 Å². The second-order valence-corrected chi connectivity index (χ2v) is 8.97. The number of aryl methyl sites for hydroxylation is 1. The van der Waals surface area contributed by atoms with Crippen molar-refractivity contribution in [2.75, 3.05) is 19.6 Å². The molecule has 1 unspecified atom stereocenters. The van der Waals surface area contributed by atoms with Gasteiger partial charge in [-0.3, -0.25) is 9.59 Å². The number of alkyl halides is 6. The molecule has 0 saturated carbocycles. The standard InChI is InChI=1S/C22H23F6N3O3/c1-12-2-3-15-13(8-12)9-16(30-15)17(32)31-11-14(10-20(31)4-6-29-7-5-20)18(33)34-19(21(23,24)25)22(26,27)28/h2-3,8-9,14,19,29-30H,4-7,10-11H2,1H3. The normalized spacial score (nSPS) is 20.9. The van der Waals surface area contributed by atoms with Gasteiger partial charge in [-0.05, 0) is 57.5 Å². The largest absolute Gasteiger partial charge is 0.442 e. The summed E-state index contributed by atoms with van der Waals surface area (Å²) in [5.74, 6) is -3.38. The van der Waals surface area contributed by atoms with Crippen LogP contribution < -0.4 is 5.32 Å². The van der Waals surface area contributed by atoms with E-state index in [1.165, 1.54) is 4.90 Å². The predicted molar refractivity (Wildman–Crippen MR) is 109 cm³/mol. The zero-order chi connectivity index (χ0) is 24.9. The molecule has 1 aromatic carbocycles. The van der Waals surface area contributed by atoms with Crippen molar-refractivity contribution in [1.29, 1.82) is 0 Å². The SMILES string of the molecule is Cc1ccc2[nH]c(C(=O)N3CC(C(=O)OC(C(F)(F)F)C(F)(F)F)CC34CCNCC4)cc2c1. The molecule has 1 spiro atoms. The number of likely N-dealkylation sites (tertiary alicyclic amines) is 1. The lowest BCUT2D eigenvalue weighted by Gasteiger charge is -2.41. The monoisotopic (exact) mass is 491 g/mol. The number of hydrogen-bond acceptors (Lipinski definition) is 4. The number of piperidine rings is 1. The van der Waals surface area contributed by atoms with E-state index in [-0.39, 0.29) is 18.7 Å². The molecule has 1 atom stereocenters. The number of aromatic nitrogens is 1. The quantitative estimate of drug-likeness (QED) is 0.501. The molecule has 4 rings (SSSR count). The van der Waals surface area contributed by atoms with Crippen molar-refractivity contribution >= 4 is 22.8 Å². The van der Waals surface area contributed by atoms with Gasteiger partial charge in [0.15, 0.2) is 0 Å². The van der Waals surface area contributed by atoms with Gasteiger partial charge >= 0.3 is 18.3 Å². The molecule has 0 bridgehead atoms. The van der Waals surface area contributed by atoms with Crippen LogP contribution in [0, 0.1) is 12.8 Å². The zero-order valence-corrected chi connectivity index (χ0v) is 18.1. The molecule has 34 heavy (non-hydrogen) atoms. The number of rotatable bonds is 3. The number of benzene rings is 1. The minimum atomic E-state index is -5.79. The van der Waals surface area contributed by atoms with E-state index in [1.54, 1.807) is 12.1 Å². The van der Waals surface area contributed by atoms with Crippen LogP contribution in [0.5, 0.6) is 0 Å². The van der Waals surface area contributed by atoms with E-state index >= 15 is 0 Å². The Kier molecular flexibility index (Phi) is 6.07. The molecule has 2 aromatic rings. The number of nitrogens with one attached hydrogen (secondary N) is 2. The van der Waals surface area contributed by atoms with Gasteiger partial charge in [-0.2, -0.15) is 26.3 Å².